The van der Waals surface area contributed by atoms with Crippen molar-refractivity contribution in [2.45, 2.75) is 6.18 Å². The van der Waals surface area contributed by atoms with Crippen LogP contribution in [0, 0.1) is 4.64 Å². The highest BCUT2D eigenvalue weighted by Crippen LogP contribution is 2.28. The molecule has 1 nitrogen and oxygen atoms in total. The standard InChI is InChI=1S/C6H3BrF3NS/c7-3-1-2-4(6(8,9)10)11-5(3)12/h1-2H,(H,11,12). The van der Waals surface area contributed by atoms with Crippen molar-refractivity contribution in [3.05, 3.63) is 26.9 Å². The first-order valence-electron chi connectivity index (χ1n) is 2.87. The fourth-order valence-electron chi connectivity index (χ4n) is 0.621. The molecule has 66 valence electrons. The second kappa shape index (κ2) is 3.18. The van der Waals surface area contributed by atoms with Crippen LogP contribution in [0.4, 0.5) is 13.2 Å². The quantitative estimate of drug-likeness (QED) is 0.704. The molecule has 0 aliphatic carbocycles. The monoisotopic (exact) mass is 257 g/mol. The molecule has 0 saturated heterocycles. The van der Waals surface area contributed by atoms with Gasteiger partial charge in [-0.05, 0) is 28.1 Å². The summed E-state index contributed by atoms with van der Waals surface area (Å²) in [6, 6.07) is 2.20. The maximum Gasteiger partial charge on any atom is 0.431 e. The van der Waals surface area contributed by atoms with Gasteiger partial charge in [-0.3, -0.25) is 0 Å². The van der Waals surface area contributed by atoms with Gasteiger partial charge in [0.05, 0.1) is 4.47 Å². The second-order valence-electron chi connectivity index (χ2n) is 2.05. The normalized spacial score (nSPS) is 11.7. The third-order valence-corrected chi connectivity index (χ3v) is 2.41. The Balaban J connectivity index is 3.23. The van der Waals surface area contributed by atoms with Gasteiger partial charge in [-0.25, -0.2) is 0 Å². The molecular weight excluding hydrogens is 255 g/mol. The van der Waals surface area contributed by atoms with E-state index >= 15 is 0 Å². The summed E-state index contributed by atoms with van der Waals surface area (Å²) in [5.74, 6) is 0. The lowest BCUT2D eigenvalue weighted by Crippen LogP contribution is -2.07. The van der Waals surface area contributed by atoms with Gasteiger partial charge in [-0.15, -0.1) is 0 Å². The van der Waals surface area contributed by atoms with E-state index in [0.717, 1.165) is 6.07 Å². The van der Waals surface area contributed by atoms with Crippen LogP contribution in [0.2, 0.25) is 0 Å². The Hall–Kier alpha value is -0.360. The predicted molar refractivity (Wildman–Crippen MR) is 44.3 cm³/mol. The number of nitrogens with one attached hydrogen (secondary N) is 1. The van der Waals surface area contributed by atoms with Crippen LogP contribution < -0.4 is 0 Å². The highest BCUT2D eigenvalue weighted by molar-refractivity contribution is 9.10. The summed E-state index contributed by atoms with van der Waals surface area (Å²) in [5, 5.41) is 0. The summed E-state index contributed by atoms with van der Waals surface area (Å²) < 4.78 is 36.5. The van der Waals surface area contributed by atoms with Crippen molar-refractivity contribution in [2.75, 3.05) is 0 Å². The van der Waals surface area contributed by atoms with E-state index in [0.29, 0.717) is 4.47 Å². The molecule has 0 atom stereocenters. The van der Waals surface area contributed by atoms with Crippen molar-refractivity contribution in [3.63, 3.8) is 0 Å². The average molecular weight is 258 g/mol. The molecule has 0 unspecified atom stereocenters. The first-order chi connectivity index (χ1) is 5.41. The average Bonchev–Trinajstić information content (AvgIpc) is 1.92. The number of alkyl halides is 3. The van der Waals surface area contributed by atoms with E-state index in [-0.39, 0.29) is 4.64 Å². The van der Waals surface area contributed by atoms with E-state index in [1.54, 1.807) is 0 Å². The van der Waals surface area contributed by atoms with Crippen molar-refractivity contribution in [1.82, 2.24) is 4.98 Å². The van der Waals surface area contributed by atoms with Crippen LogP contribution in [0.15, 0.2) is 16.6 Å². The maximum absolute atomic E-state index is 12.0. The third kappa shape index (κ3) is 2.07. The summed E-state index contributed by atoms with van der Waals surface area (Å²) in [4.78, 5) is 2.06. The lowest BCUT2D eigenvalue weighted by Gasteiger charge is -2.05. The minimum Gasteiger partial charge on any atom is -0.342 e. The zero-order chi connectivity index (χ0) is 9.35. The highest BCUT2D eigenvalue weighted by Gasteiger charge is 2.31. The van der Waals surface area contributed by atoms with Gasteiger partial charge in [0.15, 0.2) is 0 Å². The number of hydrogen-bond donors (Lipinski definition) is 1. The molecule has 0 amide bonds. The van der Waals surface area contributed by atoms with Crippen LogP contribution in [0.25, 0.3) is 0 Å². The minimum atomic E-state index is -4.37. The van der Waals surface area contributed by atoms with Crippen LogP contribution in [-0.4, -0.2) is 4.98 Å². The zero-order valence-corrected chi connectivity index (χ0v) is 7.98. The van der Waals surface area contributed by atoms with Gasteiger partial charge in [-0.2, -0.15) is 13.2 Å². The molecule has 0 aromatic carbocycles. The fourth-order valence-corrected chi connectivity index (χ4v) is 1.03. The van der Waals surface area contributed by atoms with Gasteiger partial charge in [0.1, 0.15) is 10.3 Å². The fraction of sp³-hybridized carbons (Fsp3) is 0.167. The number of aromatic amines is 1. The summed E-state index contributed by atoms with van der Waals surface area (Å²) in [6.45, 7) is 0. The number of hydrogen-bond acceptors (Lipinski definition) is 1. The molecular formula is C6H3BrF3NS. The summed E-state index contributed by atoms with van der Waals surface area (Å²) >= 11 is 7.60. The van der Waals surface area contributed by atoms with Gasteiger partial charge >= 0.3 is 6.18 Å². The summed E-state index contributed by atoms with van der Waals surface area (Å²) in [5.41, 5.74) is -0.837. The molecule has 6 heteroatoms. The van der Waals surface area contributed by atoms with Crippen molar-refractivity contribution in [2.24, 2.45) is 0 Å². The Kier molecular flexibility index (Phi) is 2.58. The third-order valence-electron chi connectivity index (χ3n) is 1.17. The van der Waals surface area contributed by atoms with E-state index in [2.05, 4.69) is 33.1 Å². The Morgan fingerprint density at radius 3 is 2.33 bits per heavy atom. The number of aromatic nitrogens is 1. The van der Waals surface area contributed by atoms with Gasteiger partial charge in [0, 0.05) is 0 Å². The van der Waals surface area contributed by atoms with E-state index < -0.39 is 11.9 Å². The van der Waals surface area contributed by atoms with E-state index in [1.807, 2.05) is 0 Å². The smallest absolute Gasteiger partial charge is 0.342 e. The molecule has 1 heterocycles. The second-order valence-corrected chi connectivity index (χ2v) is 3.31. The summed E-state index contributed by atoms with van der Waals surface area (Å²) in [7, 11) is 0. The molecule has 1 aromatic heterocycles. The van der Waals surface area contributed by atoms with Crippen LogP contribution in [0.1, 0.15) is 5.69 Å². The van der Waals surface area contributed by atoms with E-state index in [1.165, 1.54) is 6.07 Å². The Bertz CT molecular complexity index is 343. The van der Waals surface area contributed by atoms with Crippen LogP contribution in [0.3, 0.4) is 0 Å². The Morgan fingerprint density at radius 1 is 1.33 bits per heavy atom. The number of H-pyrrole nitrogens is 1. The van der Waals surface area contributed by atoms with Crippen LogP contribution in [0.5, 0.6) is 0 Å². The molecule has 0 aliphatic heterocycles. The predicted octanol–water partition coefficient (Wildman–Crippen LogP) is 3.53. The lowest BCUT2D eigenvalue weighted by atomic mass is 10.3. The van der Waals surface area contributed by atoms with Gasteiger partial charge in [0.25, 0.3) is 0 Å². The molecule has 1 N–H and O–H groups in total. The molecule has 1 aromatic rings. The molecule has 0 bridgehead atoms. The first kappa shape index (κ1) is 9.73. The van der Waals surface area contributed by atoms with Gasteiger partial charge in [0.2, 0.25) is 0 Å². The van der Waals surface area contributed by atoms with E-state index in [9.17, 15) is 13.2 Å². The SMILES string of the molecule is FC(F)(F)c1ccc(Br)c(=S)[nH]1. The zero-order valence-electron chi connectivity index (χ0n) is 5.57. The van der Waals surface area contributed by atoms with Crippen molar-refractivity contribution in [3.8, 4) is 0 Å². The molecule has 0 radical (unpaired) electrons. The molecule has 0 spiro atoms. The largest absolute Gasteiger partial charge is 0.431 e. The molecule has 0 aliphatic rings. The molecule has 12 heavy (non-hydrogen) atoms. The van der Waals surface area contributed by atoms with Gasteiger partial charge in [-0.1, -0.05) is 12.2 Å². The maximum atomic E-state index is 12.0. The van der Waals surface area contributed by atoms with Crippen molar-refractivity contribution >= 4 is 28.1 Å². The number of rotatable bonds is 0. The molecule has 1 rings (SSSR count). The Morgan fingerprint density at radius 2 is 1.92 bits per heavy atom. The van der Waals surface area contributed by atoms with Crippen molar-refractivity contribution in [1.29, 1.82) is 0 Å². The number of pyridine rings is 1. The summed E-state index contributed by atoms with van der Waals surface area (Å²) in [6.07, 6.45) is -4.37. The lowest BCUT2D eigenvalue weighted by molar-refractivity contribution is -0.141. The first-order valence-corrected chi connectivity index (χ1v) is 4.07. The number of halogens is 4. The Labute approximate surface area is 79.7 Å². The topological polar surface area (TPSA) is 15.8 Å². The van der Waals surface area contributed by atoms with E-state index in [4.69, 9.17) is 0 Å². The highest BCUT2D eigenvalue weighted by atomic mass is 79.9. The molecule has 0 fully saturated rings. The minimum absolute atomic E-state index is 0.0461. The van der Waals surface area contributed by atoms with Crippen LogP contribution in [-0.2, 0) is 6.18 Å². The van der Waals surface area contributed by atoms with Crippen LogP contribution >= 0.6 is 28.1 Å². The van der Waals surface area contributed by atoms with Crippen molar-refractivity contribution < 1.29 is 13.2 Å². The molecule has 0 saturated carbocycles. The van der Waals surface area contributed by atoms with Gasteiger partial charge < -0.3 is 4.98 Å².